The molecule has 0 spiro atoms. The summed E-state index contributed by atoms with van der Waals surface area (Å²) >= 11 is 0. The summed E-state index contributed by atoms with van der Waals surface area (Å²) in [4.78, 5) is 11.0. The molecule has 3 aromatic carbocycles. The molecule has 2 atom stereocenters. The Morgan fingerprint density at radius 2 is 1.49 bits per heavy atom. The van der Waals surface area contributed by atoms with Crippen molar-refractivity contribution < 1.29 is 24.5 Å². The Morgan fingerprint density at radius 1 is 0.857 bits per heavy atom. The highest BCUT2D eigenvalue weighted by molar-refractivity contribution is 5.67. The van der Waals surface area contributed by atoms with Gasteiger partial charge in [0, 0.05) is 12.0 Å². The highest BCUT2D eigenvalue weighted by Crippen LogP contribution is 2.36. The minimum Gasteiger partial charge on any atom is -0.496 e. The first-order valence-corrected chi connectivity index (χ1v) is 12.2. The number of carboxylic acids is 1. The van der Waals surface area contributed by atoms with E-state index < -0.39 is 12.1 Å². The van der Waals surface area contributed by atoms with Crippen LogP contribution in [0.1, 0.15) is 53.2 Å². The molecule has 3 rings (SSSR count). The van der Waals surface area contributed by atoms with E-state index in [-0.39, 0.29) is 12.3 Å². The summed E-state index contributed by atoms with van der Waals surface area (Å²) in [5.74, 6) is 0.562. The first-order chi connectivity index (χ1) is 16.9. The second kappa shape index (κ2) is 13.0. The SMILES string of the molecule is COc1cc(C(O)[C@H](CCCc2ccccc2)Cc2cccc(CCC(=O)O)c2)cc(OC)c1C. The molecule has 0 amide bonds. The third-order valence-corrected chi connectivity index (χ3v) is 6.56. The van der Waals surface area contributed by atoms with Crippen molar-refractivity contribution in [1.82, 2.24) is 0 Å². The van der Waals surface area contributed by atoms with Crippen LogP contribution in [0.5, 0.6) is 11.5 Å². The Morgan fingerprint density at radius 3 is 2.11 bits per heavy atom. The third-order valence-electron chi connectivity index (χ3n) is 6.56. The molecule has 5 heteroatoms. The molecule has 5 nitrogen and oxygen atoms in total. The maximum atomic E-state index is 11.5. The van der Waals surface area contributed by atoms with Gasteiger partial charge < -0.3 is 19.7 Å². The van der Waals surface area contributed by atoms with E-state index in [4.69, 9.17) is 14.6 Å². The predicted octanol–water partition coefficient (Wildman–Crippen LogP) is 5.94. The van der Waals surface area contributed by atoms with Gasteiger partial charge in [-0.15, -0.1) is 0 Å². The number of carboxylic acid groups (broad SMARTS) is 1. The zero-order chi connectivity index (χ0) is 25.2. The fourth-order valence-electron chi connectivity index (χ4n) is 4.60. The van der Waals surface area contributed by atoms with Crippen molar-refractivity contribution in [2.24, 2.45) is 5.92 Å². The molecule has 0 aliphatic carbocycles. The molecule has 2 N–H and O–H groups in total. The molecule has 1 unspecified atom stereocenters. The van der Waals surface area contributed by atoms with Gasteiger partial charge in [0.1, 0.15) is 11.5 Å². The standard InChI is InChI=1S/C30H36O5/c1-21-27(34-2)19-26(20-28(21)35-3)30(33)25(14-8-11-22-9-5-4-6-10-22)18-24-13-7-12-23(17-24)15-16-29(31)32/h4-7,9-10,12-13,17,19-20,25,30,33H,8,11,14-16,18H2,1-3H3,(H,31,32)/t25-,30?/m1/s1. The average Bonchev–Trinajstić information content (AvgIpc) is 2.87. The van der Waals surface area contributed by atoms with Crippen LogP contribution in [0.4, 0.5) is 0 Å². The van der Waals surface area contributed by atoms with Crippen molar-refractivity contribution in [2.75, 3.05) is 14.2 Å². The Kier molecular flexibility index (Phi) is 9.74. The number of methoxy groups -OCH3 is 2. The van der Waals surface area contributed by atoms with Crippen LogP contribution >= 0.6 is 0 Å². The molecule has 0 saturated carbocycles. The fraction of sp³-hybridized carbons (Fsp3) is 0.367. The third kappa shape index (κ3) is 7.59. The summed E-state index contributed by atoms with van der Waals surface area (Å²) in [6.45, 7) is 1.94. The number of rotatable bonds is 13. The number of aliphatic hydroxyl groups is 1. The van der Waals surface area contributed by atoms with Crippen molar-refractivity contribution in [2.45, 2.75) is 51.6 Å². The molecule has 0 radical (unpaired) electrons. The molecule has 0 heterocycles. The van der Waals surface area contributed by atoms with E-state index in [1.165, 1.54) is 5.56 Å². The molecule has 35 heavy (non-hydrogen) atoms. The van der Waals surface area contributed by atoms with Gasteiger partial charge in [0.05, 0.1) is 20.3 Å². The van der Waals surface area contributed by atoms with Gasteiger partial charge in [-0.2, -0.15) is 0 Å². The van der Waals surface area contributed by atoms with Gasteiger partial charge in [0.2, 0.25) is 0 Å². The van der Waals surface area contributed by atoms with Crippen molar-refractivity contribution in [3.8, 4) is 11.5 Å². The summed E-state index contributed by atoms with van der Waals surface area (Å²) in [5.41, 5.74) is 5.06. The van der Waals surface area contributed by atoms with Crippen molar-refractivity contribution in [1.29, 1.82) is 0 Å². The van der Waals surface area contributed by atoms with Gasteiger partial charge in [-0.25, -0.2) is 0 Å². The maximum Gasteiger partial charge on any atom is 0.303 e. The average molecular weight is 477 g/mol. The van der Waals surface area contributed by atoms with Crippen LogP contribution in [0.15, 0.2) is 66.7 Å². The van der Waals surface area contributed by atoms with Crippen LogP contribution in [0, 0.1) is 12.8 Å². The minimum atomic E-state index is -0.799. The normalized spacial score (nSPS) is 12.7. The molecular weight excluding hydrogens is 440 g/mol. The second-order valence-electron chi connectivity index (χ2n) is 9.05. The van der Waals surface area contributed by atoms with Crippen molar-refractivity contribution >= 4 is 5.97 Å². The molecule has 0 aliphatic heterocycles. The number of carbonyl (C=O) groups is 1. The quantitative estimate of drug-likeness (QED) is 0.319. The first-order valence-electron chi connectivity index (χ1n) is 12.2. The molecule has 0 bridgehead atoms. The van der Waals surface area contributed by atoms with Gasteiger partial charge in [-0.1, -0.05) is 54.6 Å². The van der Waals surface area contributed by atoms with Gasteiger partial charge in [0.15, 0.2) is 0 Å². The van der Waals surface area contributed by atoms with Gasteiger partial charge in [0.25, 0.3) is 0 Å². The zero-order valence-corrected chi connectivity index (χ0v) is 20.9. The Bertz CT molecular complexity index is 1070. The summed E-state index contributed by atoms with van der Waals surface area (Å²) < 4.78 is 11.1. The predicted molar refractivity (Wildman–Crippen MR) is 138 cm³/mol. The number of aliphatic carboxylic acids is 1. The van der Waals surface area contributed by atoms with Gasteiger partial charge in [-0.3, -0.25) is 4.79 Å². The number of hydrogen-bond donors (Lipinski definition) is 2. The smallest absolute Gasteiger partial charge is 0.303 e. The van der Waals surface area contributed by atoms with Gasteiger partial charge >= 0.3 is 5.97 Å². The Labute approximate surface area is 208 Å². The number of benzene rings is 3. The molecule has 0 saturated heterocycles. The number of ether oxygens (including phenoxy) is 2. The summed E-state index contributed by atoms with van der Waals surface area (Å²) in [6, 6.07) is 22.2. The molecule has 186 valence electrons. The Balaban J connectivity index is 1.83. The lowest BCUT2D eigenvalue weighted by atomic mass is 9.84. The van der Waals surface area contributed by atoms with E-state index in [0.29, 0.717) is 24.3 Å². The zero-order valence-electron chi connectivity index (χ0n) is 20.9. The first kappa shape index (κ1) is 26.3. The Hall–Kier alpha value is -3.31. The van der Waals surface area contributed by atoms with E-state index in [1.54, 1.807) is 14.2 Å². The van der Waals surface area contributed by atoms with Crippen molar-refractivity contribution in [3.63, 3.8) is 0 Å². The van der Waals surface area contributed by atoms with Gasteiger partial charge in [-0.05, 0) is 79.3 Å². The van der Waals surface area contributed by atoms with Crippen LogP contribution in [-0.4, -0.2) is 30.4 Å². The van der Waals surface area contributed by atoms with Crippen LogP contribution < -0.4 is 9.47 Å². The maximum absolute atomic E-state index is 11.5. The lowest BCUT2D eigenvalue weighted by Crippen LogP contribution is -2.17. The van der Waals surface area contributed by atoms with E-state index in [9.17, 15) is 9.90 Å². The van der Waals surface area contributed by atoms with E-state index in [0.717, 1.165) is 41.5 Å². The fourth-order valence-corrected chi connectivity index (χ4v) is 4.60. The summed E-state index contributed by atoms with van der Waals surface area (Å²) in [5, 5.41) is 20.6. The molecule has 0 fully saturated rings. The van der Waals surface area contributed by atoms with Crippen molar-refractivity contribution in [3.05, 3.63) is 94.5 Å². The highest BCUT2D eigenvalue weighted by Gasteiger charge is 2.24. The lowest BCUT2D eigenvalue weighted by Gasteiger charge is -2.25. The minimum absolute atomic E-state index is 0.0226. The van der Waals surface area contributed by atoms with Crippen LogP contribution in [0.2, 0.25) is 0 Å². The van der Waals surface area contributed by atoms with Crippen LogP contribution in [0.25, 0.3) is 0 Å². The molecule has 0 aliphatic rings. The lowest BCUT2D eigenvalue weighted by molar-refractivity contribution is -0.136. The summed E-state index contributed by atoms with van der Waals surface area (Å²) in [6.07, 6.45) is 3.33. The van der Waals surface area contributed by atoms with Crippen LogP contribution in [-0.2, 0) is 24.1 Å². The molecule has 0 aromatic heterocycles. The van der Waals surface area contributed by atoms with E-state index in [2.05, 4.69) is 36.4 Å². The van der Waals surface area contributed by atoms with E-state index in [1.807, 2.05) is 37.3 Å². The number of aliphatic hydroxyl groups excluding tert-OH is 1. The molecular formula is C30H36O5. The van der Waals surface area contributed by atoms with E-state index >= 15 is 0 Å². The second-order valence-corrected chi connectivity index (χ2v) is 9.05. The number of hydrogen-bond acceptors (Lipinski definition) is 4. The highest BCUT2D eigenvalue weighted by atomic mass is 16.5. The number of aryl methyl sites for hydroxylation is 2. The molecule has 3 aromatic rings. The topological polar surface area (TPSA) is 76.0 Å². The largest absolute Gasteiger partial charge is 0.496 e. The summed E-state index contributed by atoms with van der Waals surface area (Å²) in [7, 11) is 3.25. The van der Waals surface area contributed by atoms with Crippen LogP contribution in [0.3, 0.4) is 0 Å². The monoisotopic (exact) mass is 476 g/mol.